The molecule has 0 unspecified atom stereocenters. The third-order valence-corrected chi connectivity index (χ3v) is 12.0. The standard InChI is InChI=1S/C37H44ClN3O13S2/c1-22(2)15-41(56(45,46)27-8-9-30-31(13-27)52-21-51-30)16-32(53-35(43)19-49-34(42)14-38)29(40-37(44)54-33-18-50-36-28(33)10-11-47-36)12-24-4-6-26(7-5-24)48-17-25-20-55-23(3)39-25/h4-9,13,20,22,28-29,32-33,36H,10-12,14-19,21H2,1-3H3,(H,40,44)/t28-,29-,32+,33-,36+/m0/s1. The number of carbonyl (C=O) groups excluding carboxylic acids is 3. The lowest BCUT2D eigenvalue weighted by atomic mass is 10.0. The molecule has 1 amide bonds. The first-order valence-electron chi connectivity index (χ1n) is 18.0. The van der Waals surface area contributed by atoms with Crippen molar-refractivity contribution < 1.29 is 60.7 Å². The number of carbonyl (C=O) groups is 3. The zero-order valence-electron chi connectivity index (χ0n) is 31.1. The van der Waals surface area contributed by atoms with Crippen LogP contribution in [-0.4, -0.2) is 106 Å². The Labute approximate surface area is 333 Å². The van der Waals surface area contributed by atoms with Crippen LogP contribution in [0.3, 0.4) is 0 Å². The average molecular weight is 838 g/mol. The molecule has 4 heterocycles. The number of halogens is 1. The fourth-order valence-electron chi connectivity index (χ4n) is 6.45. The molecule has 1 aromatic heterocycles. The number of sulfonamides is 1. The van der Waals surface area contributed by atoms with Gasteiger partial charge in [-0.15, -0.1) is 22.9 Å². The number of aromatic nitrogens is 1. The van der Waals surface area contributed by atoms with E-state index in [2.05, 4.69) is 10.3 Å². The predicted octanol–water partition coefficient (Wildman–Crippen LogP) is 4.20. The number of thiazole rings is 1. The van der Waals surface area contributed by atoms with Crippen LogP contribution < -0.4 is 19.5 Å². The van der Waals surface area contributed by atoms with Gasteiger partial charge < -0.3 is 43.2 Å². The Kier molecular flexibility index (Phi) is 13.9. The monoisotopic (exact) mass is 837 g/mol. The van der Waals surface area contributed by atoms with Crippen LogP contribution in [0.1, 0.15) is 36.5 Å². The van der Waals surface area contributed by atoms with Crippen LogP contribution in [0.2, 0.25) is 0 Å². The molecule has 0 bridgehead atoms. The van der Waals surface area contributed by atoms with E-state index < -0.39 is 71.6 Å². The summed E-state index contributed by atoms with van der Waals surface area (Å²) in [5, 5.41) is 5.69. The van der Waals surface area contributed by atoms with E-state index in [1.165, 1.54) is 33.8 Å². The number of aryl methyl sites for hydroxylation is 1. The molecule has 56 heavy (non-hydrogen) atoms. The Hall–Kier alpha value is -4.20. The van der Waals surface area contributed by atoms with E-state index in [0.29, 0.717) is 30.1 Å². The van der Waals surface area contributed by atoms with Crippen molar-refractivity contribution in [2.24, 2.45) is 11.8 Å². The summed E-state index contributed by atoms with van der Waals surface area (Å²) in [7, 11) is -4.27. The number of hydrogen-bond donors (Lipinski definition) is 1. The third kappa shape index (κ3) is 10.8. The van der Waals surface area contributed by atoms with Crippen LogP contribution in [-0.2, 0) is 56.3 Å². The van der Waals surface area contributed by atoms with Gasteiger partial charge in [-0.25, -0.2) is 23.0 Å². The summed E-state index contributed by atoms with van der Waals surface area (Å²) in [6, 6.07) is 10.3. The highest BCUT2D eigenvalue weighted by Gasteiger charge is 2.44. The van der Waals surface area contributed by atoms with Crippen molar-refractivity contribution >= 4 is 51.0 Å². The van der Waals surface area contributed by atoms with Gasteiger partial charge in [-0.2, -0.15) is 4.31 Å². The molecule has 6 rings (SSSR count). The Bertz CT molecular complexity index is 1940. The minimum atomic E-state index is -4.27. The highest BCUT2D eigenvalue weighted by molar-refractivity contribution is 7.89. The van der Waals surface area contributed by atoms with Gasteiger partial charge in [-0.1, -0.05) is 26.0 Å². The first-order valence-corrected chi connectivity index (χ1v) is 20.9. The molecule has 3 aliphatic heterocycles. The fourth-order valence-corrected chi connectivity index (χ4v) is 8.75. The minimum absolute atomic E-state index is 0.0102. The number of alkyl halides is 1. The van der Waals surface area contributed by atoms with Crippen LogP contribution in [0, 0.1) is 18.8 Å². The third-order valence-electron chi connectivity index (χ3n) is 9.11. The lowest BCUT2D eigenvalue weighted by Gasteiger charge is -2.33. The number of fused-ring (bicyclic) bond motifs is 2. The molecule has 0 aliphatic carbocycles. The average Bonchev–Trinajstić information content (AvgIpc) is 3.99. The number of esters is 2. The van der Waals surface area contributed by atoms with Crippen LogP contribution in [0.25, 0.3) is 0 Å². The number of nitrogens with one attached hydrogen (secondary N) is 1. The Morgan fingerprint density at radius 2 is 1.84 bits per heavy atom. The summed E-state index contributed by atoms with van der Waals surface area (Å²) in [5.74, 6) is -1.44. The molecule has 304 valence electrons. The van der Waals surface area contributed by atoms with Gasteiger partial charge >= 0.3 is 18.0 Å². The van der Waals surface area contributed by atoms with E-state index in [-0.39, 0.29) is 55.5 Å². The van der Waals surface area contributed by atoms with Crippen molar-refractivity contribution in [2.45, 2.75) is 69.7 Å². The topological polar surface area (TPSA) is 187 Å². The minimum Gasteiger partial charge on any atom is -0.487 e. The number of hydrogen-bond acceptors (Lipinski definition) is 15. The zero-order valence-corrected chi connectivity index (χ0v) is 33.4. The molecule has 19 heteroatoms. The van der Waals surface area contributed by atoms with Crippen LogP contribution in [0.5, 0.6) is 17.2 Å². The first kappa shape index (κ1) is 41.4. The molecule has 3 aliphatic rings. The second-order valence-corrected chi connectivity index (χ2v) is 17.0. The molecule has 16 nitrogen and oxygen atoms in total. The van der Waals surface area contributed by atoms with Gasteiger partial charge in [-0.05, 0) is 55.5 Å². The summed E-state index contributed by atoms with van der Waals surface area (Å²) >= 11 is 7.08. The quantitative estimate of drug-likeness (QED) is 0.109. The van der Waals surface area contributed by atoms with E-state index in [0.717, 1.165) is 10.7 Å². The van der Waals surface area contributed by atoms with Crippen LogP contribution >= 0.6 is 22.9 Å². The number of alkyl carbamates (subject to hydrolysis) is 1. The summed E-state index contributed by atoms with van der Waals surface area (Å²) in [4.78, 5) is 43.1. The molecular weight excluding hydrogens is 794 g/mol. The SMILES string of the molecule is Cc1nc(COc2ccc(C[C@H](NC(=O)O[C@H]3CO[C@H]4OCC[C@H]43)[C@@H](CN(CC(C)C)S(=O)(=O)c3ccc4c(c3)OCO4)OC(=O)COC(=O)CCl)cc2)cs1. The highest BCUT2D eigenvalue weighted by atomic mass is 35.5. The van der Waals surface area contributed by atoms with Crippen molar-refractivity contribution in [2.75, 3.05) is 45.6 Å². The Morgan fingerprint density at radius 1 is 1.05 bits per heavy atom. The lowest BCUT2D eigenvalue weighted by molar-refractivity contribution is -0.162. The lowest BCUT2D eigenvalue weighted by Crippen LogP contribution is -2.53. The van der Waals surface area contributed by atoms with Gasteiger partial charge in [0.2, 0.25) is 16.8 Å². The molecule has 0 spiro atoms. The maximum absolute atomic E-state index is 14.3. The van der Waals surface area contributed by atoms with Crippen LogP contribution in [0.15, 0.2) is 52.7 Å². The Balaban J connectivity index is 1.29. The molecule has 3 aromatic rings. The van der Waals surface area contributed by atoms with Crippen LogP contribution in [0.4, 0.5) is 4.79 Å². The maximum Gasteiger partial charge on any atom is 0.407 e. The number of rotatable bonds is 18. The van der Waals surface area contributed by atoms with Crippen molar-refractivity contribution in [3.05, 3.63) is 64.1 Å². The highest BCUT2D eigenvalue weighted by Crippen LogP contribution is 2.35. The molecule has 0 radical (unpaired) electrons. The van der Waals surface area contributed by atoms with E-state index in [1.807, 2.05) is 26.2 Å². The molecular formula is C37H44ClN3O13S2. The number of ether oxygens (including phenoxy) is 8. The number of benzene rings is 2. The second-order valence-electron chi connectivity index (χ2n) is 13.8. The molecule has 5 atom stereocenters. The molecule has 1 N–H and O–H groups in total. The first-order chi connectivity index (χ1) is 26.9. The molecule has 0 saturated carbocycles. The summed E-state index contributed by atoms with van der Waals surface area (Å²) < 4.78 is 74.4. The van der Waals surface area contributed by atoms with E-state index in [4.69, 9.17) is 49.5 Å². The summed E-state index contributed by atoms with van der Waals surface area (Å²) in [6.07, 6.45) is -2.54. The van der Waals surface area contributed by atoms with Crippen molar-refractivity contribution in [3.63, 3.8) is 0 Å². The normalized spacial score (nSPS) is 19.7. The summed E-state index contributed by atoms with van der Waals surface area (Å²) in [6.45, 7) is 5.22. The van der Waals surface area contributed by atoms with Gasteiger partial charge in [0.05, 0.1) is 47.3 Å². The number of nitrogens with zero attached hydrogens (tertiary/aromatic N) is 2. The van der Waals surface area contributed by atoms with Gasteiger partial charge in [0.25, 0.3) is 0 Å². The van der Waals surface area contributed by atoms with Gasteiger partial charge in [-0.3, -0.25) is 4.79 Å². The molecule has 2 fully saturated rings. The smallest absolute Gasteiger partial charge is 0.407 e. The van der Waals surface area contributed by atoms with Crippen molar-refractivity contribution in [1.82, 2.24) is 14.6 Å². The van der Waals surface area contributed by atoms with Crippen molar-refractivity contribution in [1.29, 1.82) is 0 Å². The molecule has 2 saturated heterocycles. The van der Waals surface area contributed by atoms with E-state index >= 15 is 0 Å². The largest absolute Gasteiger partial charge is 0.487 e. The molecule has 2 aromatic carbocycles. The van der Waals surface area contributed by atoms with Gasteiger partial charge in [0, 0.05) is 18.0 Å². The number of amides is 1. The van der Waals surface area contributed by atoms with Gasteiger partial charge in [0.1, 0.15) is 30.4 Å². The maximum atomic E-state index is 14.3. The van der Waals surface area contributed by atoms with Crippen molar-refractivity contribution in [3.8, 4) is 17.2 Å². The summed E-state index contributed by atoms with van der Waals surface area (Å²) in [5.41, 5.74) is 1.48. The zero-order chi connectivity index (χ0) is 39.8. The predicted molar refractivity (Wildman–Crippen MR) is 200 cm³/mol. The fraction of sp³-hybridized carbons (Fsp3) is 0.514. The van der Waals surface area contributed by atoms with E-state index in [1.54, 1.807) is 24.3 Å². The van der Waals surface area contributed by atoms with Gasteiger partial charge in [0.15, 0.2) is 24.4 Å². The Morgan fingerprint density at radius 3 is 2.57 bits per heavy atom. The second kappa shape index (κ2) is 18.8. The van der Waals surface area contributed by atoms with E-state index in [9.17, 15) is 22.8 Å².